The van der Waals surface area contributed by atoms with Crippen LogP contribution in [0.2, 0.25) is 10.0 Å². The molecule has 0 bridgehead atoms. The summed E-state index contributed by atoms with van der Waals surface area (Å²) in [6.07, 6.45) is 0. The highest BCUT2D eigenvalue weighted by Gasteiger charge is 2.27. The molecule has 0 unspecified atom stereocenters. The number of sulfonamides is 1. The summed E-state index contributed by atoms with van der Waals surface area (Å²) in [6.45, 7) is 2.02. The minimum atomic E-state index is -3.78. The van der Waals surface area contributed by atoms with Crippen molar-refractivity contribution in [3.8, 4) is 0 Å². The molecule has 0 aromatic heterocycles. The first-order chi connectivity index (χ1) is 9.24. The van der Waals surface area contributed by atoms with Gasteiger partial charge in [-0.15, -0.1) is 0 Å². The van der Waals surface area contributed by atoms with Gasteiger partial charge >= 0.3 is 0 Å². The van der Waals surface area contributed by atoms with Crippen LogP contribution in [0.15, 0.2) is 23.1 Å². The monoisotopic (exact) mass is 341 g/mol. The number of rotatable bonds is 7. The van der Waals surface area contributed by atoms with E-state index in [1.807, 2.05) is 0 Å². The second-order valence-corrected chi connectivity index (χ2v) is 7.07. The Bertz CT molecular complexity index is 565. The van der Waals surface area contributed by atoms with Crippen LogP contribution in [0.4, 0.5) is 0 Å². The second-order valence-electron chi connectivity index (χ2n) is 4.49. The summed E-state index contributed by atoms with van der Waals surface area (Å²) in [5, 5.41) is 0.397. The van der Waals surface area contributed by atoms with Crippen LogP contribution in [-0.2, 0) is 19.5 Å². The zero-order valence-electron chi connectivity index (χ0n) is 11.4. The molecule has 114 valence electrons. The average Bonchev–Trinajstić information content (AvgIpc) is 2.40. The highest BCUT2D eigenvalue weighted by atomic mass is 35.5. The van der Waals surface area contributed by atoms with Gasteiger partial charge in [-0.25, -0.2) is 13.1 Å². The van der Waals surface area contributed by atoms with E-state index in [0.717, 1.165) is 0 Å². The van der Waals surface area contributed by atoms with Gasteiger partial charge in [-0.2, -0.15) is 0 Å². The summed E-state index contributed by atoms with van der Waals surface area (Å²) in [5.41, 5.74) is -0.771. The van der Waals surface area contributed by atoms with Gasteiger partial charge < -0.3 is 9.47 Å². The van der Waals surface area contributed by atoms with Gasteiger partial charge in [-0.05, 0) is 25.1 Å². The number of methoxy groups -OCH3 is 2. The van der Waals surface area contributed by atoms with Crippen molar-refractivity contribution >= 4 is 33.2 Å². The van der Waals surface area contributed by atoms with Crippen molar-refractivity contribution in [1.82, 2.24) is 4.72 Å². The third kappa shape index (κ3) is 4.58. The molecule has 1 atom stereocenters. The number of hydrogen-bond acceptors (Lipinski definition) is 4. The summed E-state index contributed by atoms with van der Waals surface area (Å²) < 4.78 is 37.1. The molecular formula is C12H17Cl2NO4S. The Morgan fingerprint density at radius 2 is 1.95 bits per heavy atom. The van der Waals surface area contributed by atoms with Gasteiger partial charge in [-0.3, -0.25) is 0 Å². The summed E-state index contributed by atoms with van der Waals surface area (Å²) in [7, 11) is -0.778. The molecule has 1 aromatic rings. The van der Waals surface area contributed by atoms with E-state index in [2.05, 4.69) is 4.72 Å². The number of nitrogens with one attached hydrogen (secondary N) is 1. The molecule has 0 spiro atoms. The number of ether oxygens (including phenoxy) is 2. The topological polar surface area (TPSA) is 64.6 Å². The number of benzene rings is 1. The van der Waals surface area contributed by atoms with Gasteiger partial charge in [0.15, 0.2) is 0 Å². The van der Waals surface area contributed by atoms with Crippen molar-refractivity contribution in [3.63, 3.8) is 0 Å². The predicted octanol–water partition coefficient (Wildman–Crippen LogP) is 2.32. The summed E-state index contributed by atoms with van der Waals surface area (Å²) in [4.78, 5) is -0.0671. The van der Waals surface area contributed by atoms with Gasteiger partial charge in [0, 0.05) is 25.8 Å². The Kier molecular flexibility index (Phi) is 6.25. The highest BCUT2D eigenvalue weighted by molar-refractivity contribution is 7.89. The maximum Gasteiger partial charge on any atom is 0.242 e. The molecule has 1 aromatic carbocycles. The van der Waals surface area contributed by atoms with Crippen molar-refractivity contribution in [2.24, 2.45) is 0 Å². The molecule has 8 heteroatoms. The fraction of sp³-hybridized carbons (Fsp3) is 0.500. The SMILES string of the molecule is COC[C@](C)(CNS(=O)(=O)c1cc(Cl)ccc1Cl)OC. The summed E-state index contributed by atoms with van der Waals surface area (Å²) >= 11 is 11.7. The van der Waals surface area contributed by atoms with Crippen LogP contribution in [0, 0.1) is 0 Å². The van der Waals surface area contributed by atoms with E-state index < -0.39 is 15.6 Å². The molecular weight excluding hydrogens is 325 g/mol. The van der Waals surface area contributed by atoms with Crippen molar-refractivity contribution in [2.75, 3.05) is 27.4 Å². The molecule has 0 aliphatic rings. The standard InChI is InChI=1S/C12H17Cl2NO4S/c1-12(19-3,8-18-2)7-15-20(16,17)11-6-9(13)4-5-10(11)14/h4-6,15H,7-8H2,1-3H3/t12-/m0/s1. The molecule has 0 fully saturated rings. The summed E-state index contributed by atoms with van der Waals surface area (Å²) in [6, 6.07) is 4.25. The van der Waals surface area contributed by atoms with Crippen LogP contribution in [0.3, 0.4) is 0 Å². The second kappa shape index (κ2) is 7.06. The Labute approximate surface area is 129 Å². The molecule has 0 aliphatic carbocycles. The minimum absolute atomic E-state index is 0.0442. The molecule has 1 N–H and O–H groups in total. The lowest BCUT2D eigenvalue weighted by atomic mass is 10.1. The maximum absolute atomic E-state index is 12.2. The van der Waals surface area contributed by atoms with Crippen molar-refractivity contribution < 1.29 is 17.9 Å². The quantitative estimate of drug-likeness (QED) is 0.826. The van der Waals surface area contributed by atoms with Crippen molar-refractivity contribution in [3.05, 3.63) is 28.2 Å². The third-order valence-electron chi connectivity index (χ3n) is 2.76. The smallest absolute Gasteiger partial charge is 0.242 e. The fourth-order valence-corrected chi connectivity index (χ4v) is 3.41. The van der Waals surface area contributed by atoms with E-state index in [1.54, 1.807) is 6.92 Å². The molecule has 20 heavy (non-hydrogen) atoms. The van der Waals surface area contributed by atoms with Gasteiger partial charge in [-0.1, -0.05) is 23.2 Å². The van der Waals surface area contributed by atoms with E-state index in [0.29, 0.717) is 5.02 Å². The van der Waals surface area contributed by atoms with E-state index in [-0.39, 0.29) is 23.1 Å². The van der Waals surface area contributed by atoms with Crippen LogP contribution in [-0.4, -0.2) is 41.4 Å². The molecule has 0 saturated carbocycles. The zero-order chi connectivity index (χ0) is 15.4. The van der Waals surface area contributed by atoms with Crippen LogP contribution in [0.25, 0.3) is 0 Å². The van der Waals surface area contributed by atoms with Crippen LogP contribution >= 0.6 is 23.2 Å². The van der Waals surface area contributed by atoms with Crippen LogP contribution < -0.4 is 4.72 Å². The Balaban J connectivity index is 2.93. The summed E-state index contributed by atoms with van der Waals surface area (Å²) in [5.74, 6) is 0. The predicted molar refractivity (Wildman–Crippen MR) is 78.9 cm³/mol. The first-order valence-electron chi connectivity index (χ1n) is 5.73. The lowest BCUT2D eigenvalue weighted by Gasteiger charge is -2.27. The van der Waals surface area contributed by atoms with E-state index in [9.17, 15) is 8.42 Å². The minimum Gasteiger partial charge on any atom is -0.382 e. The first kappa shape index (κ1) is 17.7. The molecule has 1 rings (SSSR count). The van der Waals surface area contributed by atoms with E-state index in [4.69, 9.17) is 32.7 Å². The zero-order valence-corrected chi connectivity index (χ0v) is 13.8. The molecule has 0 aliphatic heterocycles. The van der Waals surface area contributed by atoms with E-state index >= 15 is 0 Å². The Morgan fingerprint density at radius 3 is 2.50 bits per heavy atom. The van der Waals surface area contributed by atoms with Gasteiger partial charge in [0.05, 0.1) is 11.6 Å². The molecule has 0 radical (unpaired) electrons. The lowest BCUT2D eigenvalue weighted by Crippen LogP contribution is -2.45. The Hall–Kier alpha value is -0.370. The number of hydrogen-bond donors (Lipinski definition) is 1. The first-order valence-corrected chi connectivity index (χ1v) is 7.97. The normalized spacial score (nSPS) is 15.1. The van der Waals surface area contributed by atoms with Crippen molar-refractivity contribution in [2.45, 2.75) is 17.4 Å². The number of halogens is 2. The van der Waals surface area contributed by atoms with Gasteiger partial charge in [0.25, 0.3) is 0 Å². The van der Waals surface area contributed by atoms with Crippen molar-refractivity contribution in [1.29, 1.82) is 0 Å². The average molecular weight is 342 g/mol. The maximum atomic E-state index is 12.2. The van der Waals surface area contributed by atoms with Gasteiger partial charge in [0.1, 0.15) is 10.5 Å². The fourth-order valence-electron chi connectivity index (χ4n) is 1.50. The molecule has 0 amide bonds. The highest BCUT2D eigenvalue weighted by Crippen LogP contribution is 2.25. The molecule has 0 saturated heterocycles. The molecule has 5 nitrogen and oxygen atoms in total. The van der Waals surface area contributed by atoms with Crippen LogP contribution in [0.1, 0.15) is 6.92 Å². The van der Waals surface area contributed by atoms with Gasteiger partial charge in [0.2, 0.25) is 10.0 Å². The third-order valence-corrected chi connectivity index (χ3v) is 4.88. The van der Waals surface area contributed by atoms with Crippen LogP contribution in [0.5, 0.6) is 0 Å². The lowest BCUT2D eigenvalue weighted by molar-refractivity contribution is -0.0460. The largest absolute Gasteiger partial charge is 0.382 e. The van der Waals surface area contributed by atoms with E-state index in [1.165, 1.54) is 32.4 Å². The molecule has 0 heterocycles. The Morgan fingerprint density at radius 1 is 1.30 bits per heavy atom.